The Kier molecular flexibility index (Phi) is 2.04. The van der Waals surface area contributed by atoms with Crippen LogP contribution in [0.3, 0.4) is 0 Å². The van der Waals surface area contributed by atoms with Crippen LogP contribution in [0.2, 0.25) is 0 Å². The second kappa shape index (κ2) is 3.19. The van der Waals surface area contributed by atoms with E-state index in [1.54, 1.807) is 0 Å². The third-order valence-electron chi connectivity index (χ3n) is 1.81. The first-order chi connectivity index (χ1) is 5.86. The summed E-state index contributed by atoms with van der Waals surface area (Å²) in [7, 11) is 0. The van der Waals surface area contributed by atoms with E-state index in [1.807, 2.05) is 24.3 Å². The number of hydrogen-bond donors (Lipinski definition) is 2. The maximum absolute atomic E-state index is 4.32. The minimum Gasteiger partial charge on any atom is -0.368 e. The van der Waals surface area contributed by atoms with Gasteiger partial charge in [0.05, 0.1) is 6.54 Å². The van der Waals surface area contributed by atoms with E-state index in [2.05, 4.69) is 22.9 Å². The molecule has 1 aromatic rings. The lowest BCUT2D eigenvalue weighted by molar-refractivity contribution is 0.960. The Balaban J connectivity index is 2.28. The molecule has 62 valence electrons. The highest BCUT2D eigenvalue weighted by atomic mass is 32.1. The number of thiol groups is 1. The van der Waals surface area contributed by atoms with Crippen LogP contribution in [0.1, 0.15) is 5.56 Å². The van der Waals surface area contributed by atoms with Gasteiger partial charge in [-0.05, 0) is 12.1 Å². The molecular weight excluding hydrogens is 168 g/mol. The molecule has 0 unspecified atom stereocenters. The van der Waals surface area contributed by atoms with Gasteiger partial charge in [0, 0.05) is 17.0 Å². The molecule has 12 heavy (non-hydrogen) atoms. The molecule has 0 aliphatic carbocycles. The molecule has 0 atom stereocenters. The van der Waals surface area contributed by atoms with E-state index < -0.39 is 0 Å². The first-order valence-electron chi connectivity index (χ1n) is 3.94. The summed E-state index contributed by atoms with van der Waals surface area (Å²) in [6, 6.07) is 8.00. The van der Waals surface area contributed by atoms with Crippen LogP contribution in [0.5, 0.6) is 0 Å². The van der Waals surface area contributed by atoms with Crippen LogP contribution in [0.4, 0.5) is 0 Å². The lowest BCUT2D eigenvalue weighted by Crippen LogP contribution is -2.19. The molecule has 1 N–H and O–H groups in total. The fourth-order valence-corrected chi connectivity index (χ4v) is 1.36. The van der Waals surface area contributed by atoms with E-state index in [-0.39, 0.29) is 0 Å². The molecule has 0 saturated heterocycles. The van der Waals surface area contributed by atoms with E-state index >= 15 is 0 Å². The van der Waals surface area contributed by atoms with Gasteiger partial charge in [-0.2, -0.15) is 0 Å². The normalized spacial score (nSPS) is 15.6. The zero-order chi connectivity index (χ0) is 8.39. The standard InChI is InChI=1S/C9H10N2S/c12-8-3-1-7(2-4-8)9-10-5-6-11-9/h1-4,12H,5-6H2,(H,10,11). The summed E-state index contributed by atoms with van der Waals surface area (Å²) in [4.78, 5) is 5.30. The molecular formula is C9H10N2S. The van der Waals surface area contributed by atoms with Gasteiger partial charge in [-0.3, -0.25) is 4.99 Å². The van der Waals surface area contributed by atoms with E-state index in [9.17, 15) is 0 Å². The fraction of sp³-hybridized carbons (Fsp3) is 0.222. The van der Waals surface area contributed by atoms with Gasteiger partial charge in [-0.25, -0.2) is 0 Å². The summed E-state index contributed by atoms with van der Waals surface area (Å²) >= 11 is 4.21. The smallest absolute Gasteiger partial charge is 0.128 e. The highest BCUT2D eigenvalue weighted by Crippen LogP contribution is 2.08. The molecule has 0 saturated carbocycles. The molecule has 0 aromatic heterocycles. The van der Waals surface area contributed by atoms with Crippen LogP contribution in [-0.2, 0) is 0 Å². The van der Waals surface area contributed by atoms with Crippen molar-refractivity contribution in [1.29, 1.82) is 0 Å². The topological polar surface area (TPSA) is 24.4 Å². The van der Waals surface area contributed by atoms with Gasteiger partial charge < -0.3 is 5.32 Å². The van der Waals surface area contributed by atoms with Crippen LogP contribution in [0, 0.1) is 0 Å². The second-order valence-corrected chi connectivity index (χ2v) is 3.22. The maximum Gasteiger partial charge on any atom is 0.128 e. The van der Waals surface area contributed by atoms with E-state index in [0.717, 1.165) is 29.4 Å². The van der Waals surface area contributed by atoms with Crippen LogP contribution in [0.15, 0.2) is 34.2 Å². The quantitative estimate of drug-likeness (QED) is 0.623. The Morgan fingerprint density at radius 1 is 1.25 bits per heavy atom. The average molecular weight is 178 g/mol. The number of benzene rings is 1. The van der Waals surface area contributed by atoms with Crippen LogP contribution < -0.4 is 5.32 Å². The van der Waals surface area contributed by atoms with Crippen molar-refractivity contribution in [2.75, 3.05) is 13.1 Å². The second-order valence-electron chi connectivity index (χ2n) is 2.70. The monoisotopic (exact) mass is 178 g/mol. The molecule has 1 aromatic carbocycles. The van der Waals surface area contributed by atoms with Crippen molar-refractivity contribution in [3.05, 3.63) is 29.8 Å². The van der Waals surface area contributed by atoms with Gasteiger partial charge in [-0.15, -0.1) is 12.6 Å². The molecule has 3 heteroatoms. The van der Waals surface area contributed by atoms with Crippen molar-refractivity contribution in [2.45, 2.75) is 4.90 Å². The number of aliphatic imine (C=N–C) groups is 1. The third kappa shape index (κ3) is 1.46. The first kappa shape index (κ1) is 7.68. The summed E-state index contributed by atoms with van der Waals surface area (Å²) in [5.74, 6) is 1.00. The highest BCUT2D eigenvalue weighted by Gasteiger charge is 2.06. The molecule has 0 amide bonds. The summed E-state index contributed by atoms with van der Waals surface area (Å²) in [6.45, 7) is 1.84. The third-order valence-corrected chi connectivity index (χ3v) is 2.11. The van der Waals surface area contributed by atoms with Gasteiger partial charge in [0.25, 0.3) is 0 Å². The first-order valence-corrected chi connectivity index (χ1v) is 4.39. The SMILES string of the molecule is Sc1ccc(C2=NCCN2)cc1. The largest absolute Gasteiger partial charge is 0.368 e. The predicted octanol–water partition coefficient (Wildman–Crippen LogP) is 1.33. The lowest BCUT2D eigenvalue weighted by Gasteiger charge is -2.01. The molecule has 1 heterocycles. The molecule has 2 nitrogen and oxygen atoms in total. The molecule has 0 bridgehead atoms. The van der Waals surface area contributed by atoms with Gasteiger partial charge in [0.15, 0.2) is 0 Å². The van der Waals surface area contributed by atoms with E-state index in [0.29, 0.717) is 0 Å². The summed E-state index contributed by atoms with van der Waals surface area (Å²) in [6.07, 6.45) is 0. The lowest BCUT2D eigenvalue weighted by atomic mass is 10.2. The number of hydrogen-bond acceptors (Lipinski definition) is 3. The Labute approximate surface area is 77.1 Å². The Morgan fingerprint density at radius 3 is 2.58 bits per heavy atom. The van der Waals surface area contributed by atoms with Crippen molar-refractivity contribution in [3.8, 4) is 0 Å². The van der Waals surface area contributed by atoms with E-state index in [4.69, 9.17) is 0 Å². The molecule has 1 aliphatic rings. The van der Waals surface area contributed by atoms with Crippen molar-refractivity contribution in [2.24, 2.45) is 4.99 Å². The highest BCUT2D eigenvalue weighted by molar-refractivity contribution is 7.80. The zero-order valence-corrected chi connectivity index (χ0v) is 7.51. The van der Waals surface area contributed by atoms with Crippen molar-refractivity contribution >= 4 is 18.5 Å². The fourth-order valence-electron chi connectivity index (χ4n) is 1.21. The Morgan fingerprint density at radius 2 is 2.00 bits per heavy atom. The molecule has 2 rings (SSSR count). The summed E-state index contributed by atoms with van der Waals surface area (Å²) in [5.41, 5.74) is 1.14. The number of nitrogens with zero attached hydrogens (tertiary/aromatic N) is 1. The van der Waals surface area contributed by atoms with Crippen molar-refractivity contribution in [1.82, 2.24) is 5.32 Å². The number of amidine groups is 1. The summed E-state index contributed by atoms with van der Waals surface area (Å²) in [5, 5.41) is 3.22. The Bertz CT molecular complexity index is 303. The van der Waals surface area contributed by atoms with Gasteiger partial charge in [-0.1, -0.05) is 12.1 Å². The van der Waals surface area contributed by atoms with Gasteiger partial charge in [0.1, 0.15) is 5.84 Å². The van der Waals surface area contributed by atoms with Crippen molar-refractivity contribution in [3.63, 3.8) is 0 Å². The Hall–Kier alpha value is -0.960. The van der Waals surface area contributed by atoms with Gasteiger partial charge >= 0.3 is 0 Å². The van der Waals surface area contributed by atoms with Crippen LogP contribution >= 0.6 is 12.6 Å². The predicted molar refractivity (Wildman–Crippen MR) is 53.1 cm³/mol. The van der Waals surface area contributed by atoms with Crippen LogP contribution in [-0.4, -0.2) is 18.9 Å². The molecule has 1 aliphatic heterocycles. The average Bonchev–Trinajstić information content (AvgIpc) is 2.58. The van der Waals surface area contributed by atoms with Crippen molar-refractivity contribution < 1.29 is 0 Å². The molecule has 0 fully saturated rings. The maximum atomic E-state index is 4.32. The molecule has 0 radical (unpaired) electrons. The number of nitrogens with one attached hydrogen (secondary N) is 1. The number of rotatable bonds is 1. The summed E-state index contributed by atoms with van der Waals surface area (Å²) < 4.78 is 0. The minimum absolute atomic E-state index is 0.887. The van der Waals surface area contributed by atoms with Crippen LogP contribution in [0.25, 0.3) is 0 Å². The minimum atomic E-state index is 0.887. The van der Waals surface area contributed by atoms with E-state index in [1.165, 1.54) is 0 Å². The van der Waals surface area contributed by atoms with Gasteiger partial charge in [0.2, 0.25) is 0 Å². The zero-order valence-electron chi connectivity index (χ0n) is 6.62. The molecule has 0 spiro atoms.